The molecule has 1 aromatic carbocycles. The molecular weight excluding hydrogens is 497 g/mol. The molecule has 1 fully saturated rings. The number of aromatic nitrogens is 2. The molecule has 0 saturated carbocycles. The smallest absolute Gasteiger partial charge is 0.255 e. The van der Waals surface area contributed by atoms with Gasteiger partial charge in [-0.3, -0.25) is 9.78 Å². The second-order valence-corrected chi connectivity index (χ2v) is 9.97. The van der Waals surface area contributed by atoms with Crippen molar-refractivity contribution in [2.45, 2.75) is 18.9 Å². The maximum absolute atomic E-state index is 13.3. The third kappa shape index (κ3) is 6.33. The molecule has 3 aromatic rings. The van der Waals surface area contributed by atoms with Gasteiger partial charge in [-0.15, -0.1) is 0 Å². The van der Waals surface area contributed by atoms with Crippen molar-refractivity contribution in [2.24, 2.45) is 5.92 Å². The summed E-state index contributed by atoms with van der Waals surface area (Å²) in [7, 11) is 3.96. The lowest BCUT2D eigenvalue weighted by Crippen LogP contribution is -2.29. The number of benzene rings is 1. The van der Waals surface area contributed by atoms with E-state index in [2.05, 4.69) is 9.97 Å². The van der Waals surface area contributed by atoms with Gasteiger partial charge in [0.1, 0.15) is 6.07 Å². The number of amides is 1. The summed E-state index contributed by atoms with van der Waals surface area (Å²) in [5.74, 6) is 0.670. The second-order valence-electron chi connectivity index (χ2n) is 9.16. The van der Waals surface area contributed by atoms with Gasteiger partial charge >= 0.3 is 0 Å². The SMILES string of the molecule is CN(C)Cc1ccc(C(=O)N2CC(CCOc3ccc(C#N)cn3)C(c3ccc(Cl)c(Cl)c3)C2)cn1. The number of rotatable bonds is 8. The van der Waals surface area contributed by atoms with Crippen LogP contribution in [0.2, 0.25) is 10.0 Å². The van der Waals surface area contributed by atoms with E-state index in [0.717, 1.165) is 17.7 Å². The van der Waals surface area contributed by atoms with E-state index in [9.17, 15) is 4.79 Å². The van der Waals surface area contributed by atoms with Gasteiger partial charge in [0.25, 0.3) is 5.91 Å². The molecule has 1 amide bonds. The Balaban J connectivity index is 1.48. The summed E-state index contributed by atoms with van der Waals surface area (Å²) in [5, 5.41) is 9.93. The van der Waals surface area contributed by atoms with Crippen LogP contribution < -0.4 is 4.74 Å². The van der Waals surface area contributed by atoms with Gasteiger partial charge in [0.15, 0.2) is 0 Å². The number of likely N-dealkylation sites (tertiary alicyclic amines) is 1. The minimum absolute atomic E-state index is 0.0406. The van der Waals surface area contributed by atoms with Crippen LogP contribution in [-0.4, -0.2) is 59.5 Å². The topological polar surface area (TPSA) is 82.4 Å². The molecule has 4 rings (SSSR count). The third-order valence-corrected chi connectivity index (χ3v) is 6.99. The lowest BCUT2D eigenvalue weighted by Gasteiger charge is -2.19. The minimum atomic E-state index is -0.0406. The summed E-state index contributed by atoms with van der Waals surface area (Å²) in [6, 6.07) is 14.8. The summed E-state index contributed by atoms with van der Waals surface area (Å²) >= 11 is 12.5. The van der Waals surface area contributed by atoms with E-state index in [0.29, 0.717) is 53.3 Å². The highest BCUT2D eigenvalue weighted by Crippen LogP contribution is 2.37. The molecule has 9 heteroatoms. The molecule has 2 aromatic heterocycles. The molecule has 0 radical (unpaired) electrons. The molecule has 0 N–H and O–H groups in total. The first kappa shape index (κ1) is 25.9. The van der Waals surface area contributed by atoms with Crippen molar-refractivity contribution in [3.8, 4) is 11.9 Å². The van der Waals surface area contributed by atoms with Gasteiger partial charge in [0.05, 0.1) is 33.5 Å². The van der Waals surface area contributed by atoms with E-state index in [1.54, 1.807) is 24.4 Å². The predicted molar refractivity (Wildman–Crippen MR) is 139 cm³/mol. The van der Waals surface area contributed by atoms with Gasteiger partial charge < -0.3 is 14.5 Å². The first-order valence-corrected chi connectivity index (χ1v) is 12.4. The number of ether oxygens (including phenoxy) is 1. The zero-order chi connectivity index (χ0) is 25.7. The summed E-state index contributed by atoms with van der Waals surface area (Å²) in [4.78, 5) is 25.9. The average molecular weight is 524 g/mol. The first-order chi connectivity index (χ1) is 17.3. The van der Waals surface area contributed by atoms with Crippen LogP contribution >= 0.6 is 23.2 Å². The lowest BCUT2D eigenvalue weighted by molar-refractivity contribution is 0.0783. The van der Waals surface area contributed by atoms with Crippen molar-refractivity contribution in [2.75, 3.05) is 33.8 Å². The molecule has 0 spiro atoms. The van der Waals surface area contributed by atoms with Crippen molar-refractivity contribution >= 4 is 29.1 Å². The summed E-state index contributed by atoms with van der Waals surface area (Å²) in [6.45, 7) is 2.31. The van der Waals surface area contributed by atoms with E-state index in [1.807, 2.05) is 54.2 Å². The maximum atomic E-state index is 13.3. The van der Waals surface area contributed by atoms with Gasteiger partial charge in [-0.2, -0.15) is 5.26 Å². The van der Waals surface area contributed by atoms with Crippen molar-refractivity contribution in [3.63, 3.8) is 0 Å². The molecule has 1 aliphatic rings. The standard InChI is InChI=1S/C27H27Cl2N5O2/c1-33(2)16-22-6-4-20(14-31-22)27(35)34-15-21(9-10-36-26-8-3-18(12-30)13-32-26)23(17-34)19-5-7-24(28)25(29)11-19/h3-8,11,13-14,21,23H,9-10,15-17H2,1-2H3. The van der Waals surface area contributed by atoms with Crippen molar-refractivity contribution in [3.05, 3.63) is 87.3 Å². The number of nitriles is 1. The zero-order valence-electron chi connectivity index (χ0n) is 20.2. The van der Waals surface area contributed by atoms with Gasteiger partial charge in [-0.05, 0) is 62.3 Å². The number of halogens is 2. The van der Waals surface area contributed by atoms with E-state index in [-0.39, 0.29) is 17.7 Å². The molecule has 0 aliphatic carbocycles. The largest absolute Gasteiger partial charge is 0.478 e. The molecule has 2 unspecified atom stereocenters. The Labute approximate surface area is 221 Å². The molecule has 1 saturated heterocycles. The van der Waals surface area contributed by atoms with Crippen LogP contribution in [0.5, 0.6) is 5.88 Å². The molecule has 186 valence electrons. The number of hydrogen-bond donors (Lipinski definition) is 0. The van der Waals surface area contributed by atoms with Crippen LogP contribution in [0, 0.1) is 17.2 Å². The maximum Gasteiger partial charge on any atom is 0.255 e. The van der Waals surface area contributed by atoms with Crippen molar-refractivity contribution in [1.82, 2.24) is 19.8 Å². The Morgan fingerprint density at radius 2 is 1.94 bits per heavy atom. The Bertz CT molecular complexity index is 1240. The number of carbonyl (C=O) groups is 1. The van der Waals surface area contributed by atoms with E-state index in [1.165, 1.54) is 6.20 Å². The van der Waals surface area contributed by atoms with Crippen molar-refractivity contribution in [1.29, 1.82) is 5.26 Å². The monoisotopic (exact) mass is 523 g/mol. The number of nitrogens with zero attached hydrogens (tertiary/aromatic N) is 5. The molecule has 2 atom stereocenters. The molecule has 3 heterocycles. The second kappa shape index (κ2) is 11.7. The number of carbonyl (C=O) groups excluding carboxylic acids is 1. The normalized spacial score (nSPS) is 17.3. The number of pyridine rings is 2. The molecule has 36 heavy (non-hydrogen) atoms. The summed E-state index contributed by atoms with van der Waals surface area (Å²) in [5.41, 5.74) is 3.01. The van der Waals surface area contributed by atoms with Gasteiger partial charge in [0, 0.05) is 44.0 Å². The van der Waals surface area contributed by atoms with E-state index in [4.69, 9.17) is 33.2 Å². The molecule has 1 aliphatic heterocycles. The van der Waals surface area contributed by atoms with E-state index >= 15 is 0 Å². The quantitative estimate of drug-likeness (QED) is 0.411. The fraction of sp³-hybridized carbons (Fsp3) is 0.333. The van der Waals surface area contributed by atoms with Crippen LogP contribution in [0.4, 0.5) is 0 Å². The van der Waals surface area contributed by atoms with Crippen LogP contribution in [0.1, 0.15) is 39.5 Å². The third-order valence-electron chi connectivity index (χ3n) is 6.25. The number of hydrogen-bond acceptors (Lipinski definition) is 6. The van der Waals surface area contributed by atoms with Gasteiger partial charge in [-0.25, -0.2) is 4.98 Å². The first-order valence-electron chi connectivity index (χ1n) is 11.7. The predicted octanol–water partition coefficient (Wildman–Crippen LogP) is 5.04. The zero-order valence-corrected chi connectivity index (χ0v) is 21.7. The highest BCUT2D eigenvalue weighted by atomic mass is 35.5. The molecular formula is C27H27Cl2N5O2. The van der Waals surface area contributed by atoms with E-state index < -0.39 is 0 Å². The Kier molecular flexibility index (Phi) is 8.42. The average Bonchev–Trinajstić information content (AvgIpc) is 3.30. The van der Waals surface area contributed by atoms with Gasteiger partial charge in [-0.1, -0.05) is 29.3 Å². The minimum Gasteiger partial charge on any atom is -0.478 e. The highest BCUT2D eigenvalue weighted by Gasteiger charge is 2.36. The Morgan fingerprint density at radius 3 is 2.58 bits per heavy atom. The molecule has 0 bridgehead atoms. The van der Waals surface area contributed by atoms with Crippen molar-refractivity contribution < 1.29 is 9.53 Å². The van der Waals surface area contributed by atoms with Crippen LogP contribution in [-0.2, 0) is 6.54 Å². The Hall–Kier alpha value is -3.18. The summed E-state index contributed by atoms with van der Waals surface area (Å²) in [6.07, 6.45) is 3.86. The molecule has 7 nitrogen and oxygen atoms in total. The Morgan fingerprint density at radius 1 is 1.11 bits per heavy atom. The lowest BCUT2D eigenvalue weighted by atomic mass is 9.87. The van der Waals surface area contributed by atoms with Gasteiger partial charge in [0.2, 0.25) is 5.88 Å². The highest BCUT2D eigenvalue weighted by molar-refractivity contribution is 6.42. The fourth-order valence-electron chi connectivity index (χ4n) is 4.45. The van der Waals surface area contributed by atoms with Crippen LogP contribution in [0.25, 0.3) is 0 Å². The van der Waals surface area contributed by atoms with Crippen LogP contribution in [0.3, 0.4) is 0 Å². The van der Waals surface area contributed by atoms with Crippen LogP contribution in [0.15, 0.2) is 54.9 Å². The summed E-state index contributed by atoms with van der Waals surface area (Å²) < 4.78 is 5.83. The fourth-order valence-corrected chi connectivity index (χ4v) is 4.75.